The Bertz CT molecular complexity index is 462. The van der Waals surface area contributed by atoms with Crippen LogP contribution in [0.1, 0.15) is 23.9 Å². The van der Waals surface area contributed by atoms with E-state index in [-0.39, 0.29) is 17.9 Å². The van der Waals surface area contributed by atoms with Gasteiger partial charge in [-0.2, -0.15) is 0 Å². The Morgan fingerprint density at radius 3 is 2.83 bits per heavy atom. The monoisotopic (exact) mass is 266 g/mol. The number of anilines is 1. The molecule has 0 radical (unpaired) electrons. The maximum atomic E-state index is 12.2. The van der Waals surface area contributed by atoms with Gasteiger partial charge in [-0.1, -0.05) is 12.2 Å². The van der Waals surface area contributed by atoms with Gasteiger partial charge in [0.05, 0.1) is 17.7 Å². The number of thiazole rings is 1. The standard InChI is InChI=1S/C13H18N2O2S/c1-7(2)11-10(5-6-17-11)12(16)15-13-14-8(3)9(4)18-13/h10-11H,1,5-6H2,2-4H3,(H,14,15,16)/t10-,11-/m1/s1. The maximum absolute atomic E-state index is 12.2. The van der Waals surface area contributed by atoms with E-state index >= 15 is 0 Å². The van der Waals surface area contributed by atoms with Gasteiger partial charge in [-0.15, -0.1) is 11.3 Å². The van der Waals surface area contributed by atoms with Crippen molar-refractivity contribution in [3.8, 4) is 0 Å². The quantitative estimate of drug-likeness (QED) is 0.856. The van der Waals surface area contributed by atoms with E-state index in [1.54, 1.807) is 0 Å². The van der Waals surface area contributed by atoms with E-state index in [0.717, 1.165) is 22.6 Å². The summed E-state index contributed by atoms with van der Waals surface area (Å²) in [5.74, 6) is -0.165. The Morgan fingerprint density at radius 2 is 2.28 bits per heavy atom. The van der Waals surface area contributed by atoms with Gasteiger partial charge in [0.15, 0.2) is 5.13 Å². The normalized spacial score (nSPS) is 23.1. The summed E-state index contributed by atoms with van der Waals surface area (Å²) in [7, 11) is 0. The van der Waals surface area contributed by atoms with E-state index in [0.29, 0.717) is 11.7 Å². The Labute approximate surface area is 111 Å². The fourth-order valence-electron chi connectivity index (χ4n) is 2.07. The molecular weight excluding hydrogens is 248 g/mol. The van der Waals surface area contributed by atoms with Gasteiger partial charge < -0.3 is 10.1 Å². The Morgan fingerprint density at radius 1 is 1.56 bits per heavy atom. The van der Waals surface area contributed by atoms with Crippen LogP contribution >= 0.6 is 11.3 Å². The predicted octanol–water partition coefficient (Wildman–Crippen LogP) is 2.68. The molecule has 0 unspecified atom stereocenters. The minimum atomic E-state index is -0.160. The van der Waals surface area contributed by atoms with Crippen molar-refractivity contribution in [2.45, 2.75) is 33.3 Å². The third-order valence-corrected chi connectivity index (χ3v) is 4.16. The highest BCUT2D eigenvalue weighted by molar-refractivity contribution is 7.15. The SMILES string of the molecule is C=C(C)[C@H]1OCC[C@H]1C(=O)Nc1nc(C)c(C)s1. The summed E-state index contributed by atoms with van der Waals surface area (Å²) in [6.07, 6.45) is 0.583. The molecule has 2 rings (SSSR count). The van der Waals surface area contributed by atoms with E-state index in [4.69, 9.17) is 4.74 Å². The number of amides is 1. The van der Waals surface area contributed by atoms with Crippen LogP contribution < -0.4 is 5.32 Å². The number of rotatable bonds is 3. The number of carbonyl (C=O) groups excluding carboxylic acids is 1. The van der Waals surface area contributed by atoms with E-state index in [2.05, 4.69) is 16.9 Å². The van der Waals surface area contributed by atoms with Crippen LogP contribution in [0, 0.1) is 19.8 Å². The summed E-state index contributed by atoms with van der Waals surface area (Å²) in [6.45, 7) is 10.3. The molecule has 1 fully saturated rings. The van der Waals surface area contributed by atoms with E-state index < -0.39 is 0 Å². The molecule has 0 aromatic carbocycles. The molecule has 5 heteroatoms. The highest BCUT2D eigenvalue weighted by Gasteiger charge is 2.34. The van der Waals surface area contributed by atoms with Crippen LogP contribution in [0.15, 0.2) is 12.2 Å². The zero-order valence-corrected chi connectivity index (χ0v) is 11.8. The number of aryl methyl sites for hydroxylation is 2. The molecule has 1 aromatic rings. The molecular formula is C13H18N2O2S. The molecule has 2 heterocycles. The largest absolute Gasteiger partial charge is 0.373 e. The van der Waals surface area contributed by atoms with Crippen molar-refractivity contribution in [3.63, 3.8) is 0 Å². The molecule has 1 amide bonds. The second-order valence-corrected chi connectivity index (χ2v) is 5.89. The molecule has 0 aliphatic carbocycles. The summed E-state index contributed by atoms with van der Waals surface area (Å²) < 4.78 is 5.54. The minimum Gasteiger partial charge on any atom is -0.373 e. The topological polar surface area (TPSA) is 51.2 Å². The van der Waals surface area contributed by atoms with Crippen LogP contribution in [-0.2, 0) is 9.53 Å². The third-order valence-electron chi connectivity index (χ3n) is 3.17. The lowest BCUT2D eigenvalue weighted by molar-refractivity contribution is -0.120. The lowest BCUT2D eigenvalue weighted by Crippen LogP contribution is -2.30. The van der Waals surface area contributed by atoms with Crippen LogP contribution in [0.25, 0.3) is 0 Å². The van der Waals surface area contributed by atoms with Crippen LogP contribution in [0.4, 0.5) is 5.13 Å². The zero-order chi connectivity index (χ0) is 13.3. The Balaban J connectivity index is 2.05. The first-order chi connectivity index (χ1) is 8.49. The average molecular weight is 266 g/mol. The smallest absolute Gasteiger partial charge is 0.232 e. The minimum absolute atomic E-state index is 0.0192. The van der Waals surface area contributed by atoms with Crippen molar-refractivity contribution in [2.75, 3.05) is 11.9 Å². The first kappa shape index (κ1) is 13.2. The van der Waals surface area contributed by atoms with Crippen molar-refractivity contribution >= 4 is 22.4 Å². The first-order valence-corrected chi connectivity index (χ1v) is 6.82. The first-order valence-electron chi connectivity index (χ1n) is 6.01. The summed E-state index contributed by atoms with van der Waals surface area (Å²) in [4.78, 5) is 17.6. The van der Waals surface area contributed by atoms with Gasteiger partial charge in [0.25, 0.3) is 0 Å². The van der Waals surface area contributed by atoms with Crippen LogP contribution in [-0.4, -0.2) is 23.6 Å². The molecule has 4 nitrogen and oxygen atoms in total. The molecule has 1 aromatic heterocycles. The number of aromatic nitrogens is 1. The molecule has 2 atom stereocenters. The second kappa shape index (κ2) is 5.20. The number of carbonyl (C=O) groups is 1. The number of nitrogens with zero attached hydrogens (tertiary/aromatic N) is 1. The molecule has 1 aliphatic rings. The van der Waals surface area contributed by atoms with Gasteiger partial charge in [0.2, 0.25) is 5.91 Å². The van der Waals surface area contributed by atoms with E-state index in [9.17, 15) is 4.79 Å². The fraction of sp³-hybridized carbons (Fsp3) is 0.538. The fourth-order valence-corrected chi connectivity index (χ4v) is 2.89. The highest BCUT2D eigenvalue weighted by atomic mass is 32.1. The maximum Gasteiger partial charge on any atom is 0.232 e. The van der Waals surface area contributed by atoms with Crippen LogP contribution in [0.3, 0.4) is 0 Å². The van der Waals surface area contributed by atoms with E-state index in [1.807, 2.05) is 20.8 Å². The number of hydrogen-bond donors (Lipinski definition) is 1. The molecule has 1 saturated heterocycles. The number of hydrogen-bond acceptors (Lipinski definition) is 4. The van der Waals surface area contributed by atoms with Crippen LogP contribution in [0.5, 0.6) is 0 Å². The third kappa shape index (κ3) is 2.62. The van der Waals surface area contributed by atoms with E-state index in [1.165, 1.54) is 11.3 Å². The molecule has 1 N–H and O–H groups in total. The van der Waals surface area contributed by atoms with Gasteiger partial charge in [0, 0.05) is 11.5 Å². The van der Waals surface area contributed by atoms with Crippen molar-refractivity contribution in [3.05, 3.63) is 22.7 Å². The highest BCUT2D eigenvalue weighted by Crippen LogP contribution is 2.28. The molecule has 0 spiro atoms. The molecule has 0 saturated carbocycles. The molecule has 18 heavy (non-hydrogen) atoms. The van der Waals surface area contributed by atoms with Crippen molar-refractivity contribution < 1.29 is 9.53 Å². The average Bonchev–Trinajstić information content (AvgIpc) is 2.86. The summed E-state index contributed by atoms with van der Waals surface area (Å²) >= 11 is 1.50. The van der Waals surface area contributed by atoms with Gasteiger partial charge >= 0.3 is 0 Å². The summed E-state index contributed by atoms with van der Waals surface area (Å²) in [6, 6.07) is 0. The second-order valence-electron chi connectivity index (χ2n) is 4.68. The van der Waals surface area contributed by atoms with Crippen molar-refractivity contribution in [1.82, 2.24) is 4.98 Å². The van der Waals surface area contributed by atoms with Gasteiger partial charge in [-0.25, -0.2) is 4.98 Å². The van der Waals surface area contributed by atoms with Gasteiger partial charge in [0.1, 0.15) is 0 Å². The van der Waals surface area contributed by atoms with Crippen molar-refractivity contribution in [1.29, 1.82) is 0 Å². The molecule has 98 valence electrons. The number of nitrogens with one attached hydrogen (secondary N) is 1. The molecule has 0 bridgehead atoms. The zero-order valence-electron chi connectivity index (χ0n) is 10.9. The summed E-state index contributed by atoms with van der Waals surface area (Å²) in [5.41, 5.74) is 1.87. The molecule has 1 aliphatic heterocycles. The number of ether oxygens (including phenoxy) is 1. The lowest BCUT2D eigenvalue weighted by atomic mass is 9.96. The van der Waals surface area contributed by atoms with Gasteiger partial charge in [-0.05, 0) is 27.2 Å². The van der Waals surface area contributed by atoms with Crippen molar-refractivity contribution in [2.24, 2.45) is 5.92 Å². The Kier molecular flexibility index (Phi) is 3.82. The summed E-state index contributed by atoms with van der Waals surface area (Å²) in [5, 5.41) is 3.55. The Hall–Kier alpha value is -1.20. The van der Waals surface area contributed by atoms with Crippen LogP contribution in [0.2, 0.25) is 0 Å². The predicted molar refractivity (Wildman–Crippen MR) is 72.9 cm³/mol. The lowest BCUT2D eigenvalue weighted by Gasteiger charge is -2.17. The van der Waals surface area contributed by atoms with Gasteiger partial charge in [-0.3, -0.25) is 4.79 Å².